The second-order valence-electron chi connectivity index (χ2n) is 6.65. The molecule has 2 aromatic rings. The van der Waals surface area contributed by atoms with Crippen molar-refractivity contribution in [3.63, 3.8) is 0 Å². The Labute approximate surface area is 152 Å². The van der Waals surface area contributed by atoms with E-state index in [0.29, 0.717) is 5.75 Å². The summed E-state index contributed by atoms with van der Waals surface area (Å²) in [5, 5.41) is 0. The number of amides is 1. The van der Waals surface area contributed by atoms with Gasteiger partial charge in [0.25, 0.3) is 0 Å². The van der Waals surface area contributed by atoms with Crippen LogP contribution in [0.5, 0.6) is 5.75 Å². The highest BCUT2D eigenvalue weighted by Crippen LogP contribution is 2.47. The van der Waals surface area contributed by atoms with Gasteiger partial charge in [0.2, 0.25) is 0 Å². The summed E-state index contributed by atoms with van der Waals surface area (Å²) in [5.41, 5.74) is 5.19. The number of fused-ring (bicyclic) bond motifs is 4. The fourth-order valence-corrected chi connectivity index (χ4v) is 4.41. The Morgan fingerprint density at radius 2 is 1.72 bits per heavy atom. The molecule has 2 aliphatic heterocycles. The van der Waals surface area contributed by atoms with Gasteiger partial charge in [0.15, 0.2) is 0 Å². The van der Waals surface area contributed by atoms with Crippen LogP contribution in [0.1, 0.15) is 11.1 Å². The normalized spacial score (nSPS) is 16.0. The maximum absolute atomic E-state index is 11.9. The van der Waals surface area contributed by atoms with Crippen LogP contribution in [0.25, 0.3) is 11.1 Å². The summed E-state index contributed by atoms with van der Waals surface area (Å²) in [6.45, 7) is 1.84. The van der Waals surface area contributed by atoms with Crippen molar-refractivity contribution in [3.8, 4) is 5.75 Å². The molecule has 0 saturated carbocycles. The molecule has 25 heavy (non-hydrogen) atoms. The summed E-state index contributed by atoms with van der Waals surface area (Å²) in [7, 11) is 5.51. The van der Waals surface area contributed by atoms with E-state index in [1.165, 1.54) is 37.0 Å². The smallest absolute Gasteiger partial charge is 0.410 e. The molecule has 0 unspecified atom stereocenters. The number of ether oxygens (including phenoxy) is 1. The van der Waals surface area contributed by atoms with Crippen molar-refractivity contribution < 1.29 is 9.53 Å². The van der Waals surface area contributed by atoms with E-state index in [4.69, 9.17) is 4.74 Å². The fourth-order valence-electron chi connectivity index (χ4n) is 3.29. The highest BCUT2D eigenvalue weighted by molar-refractivity contribution is 7.99. The second kappa shape index (κ2) is 6.24. The maximum Gasteiger partial charge on any atom is 0.414 e. The van der Waals surface area contributed by atoms with Crippen LogP contribution < -0.4 is 4.74 Å². The number of nitrogens with zero attached hydrogens (tertiary/aromatic N) is 2. The minimum atomic E-state index is -0.359. The number of carbonyl (C=O) groups excluding carboxylic acids is 1. The van der Waals surface area contributed by atoms with Crippen LogP contribution in [0.4, 0.5) is 4.79 Å². The lowest BCUT2D eigenvalue weighted by Crippen LogP contribution is -2.25. The topological polar surface area (TPSA) is 32.8 Å². The average Bonchev–Trinajstić information content (AvgIpc) is 2.92. The maximum atomic E-state index is 11.9. The molecule has 0 saturated heterocycles. The van der Waals surface area contributed by atoms with Crippen LogP contribution in [0.3, 0.4) is 0 Å². The molecule has 4 rings (SSSR count). The second-order valence-corrected chi connectivity index (χ2v) is 7.73. The number of carbonyl (C=O) groups is 1. The number of likely N-dealkylation sites (N-methyl/N-ethyl adjacent to an activating group) is 1. The molecule has 0 bridgehead atoms. The standard InChI is InChI=1S/C20H20N2O2S/c1-21(2)20(23)24-13-8-9-19-15(10-13)17-12-22(3)11-16(17)14-6-4-5-7-18(14)25-19/h4-10H,11-12H2,1-3H3. The van der Waals surface area contributed by atoms with Gasteiger partial charge < -0.3 is 9.64 Å². The summed E-state index contributed by atoms with van der Waals surface area (Å²) >= 11 is 1.78. The van der Waals surface area contributed by atoms with Crippen LogP contribution in [0.15, 0.2) is 52.3 Å². The van der Waals surface area contributed by atoms with E-state index in [-0.39, 0.29) is 6.09 Å². The Hall–Kier alpha value is -2.24. The molecule has 2 heterocycles. The van der Waals surface area contributed by atoms with Crippen LogP contribution in [0.2, 0.25) is 0 Å². The van der Waals surface area contributed by atoms with Crippen LogP contribution in [0, 0.1) is 0 Å². The van der Waals surface area contributed by atoms with Crippen molar-refractivity contribution in [3.05, 3.63) is 53.6 Å². The van der Waals surface area contributed by atoms with Gasteiger partial charge in [-0.2, -0.15) is 0 Å². The van der Waals surface area contributed by atoms with E-state index in [1.807, 2.05) is 12.1 Å². The van der Waals surface area contributed by atoms with Crippen LogP contribution in [-0.2, 0) is 0 Å². The number of rotatable bonds is 1. The highest BCUT2D eigenvalue weighted by atomic mass is 32.2. The number of hydrogen-bond donors (Lipinski definition) is 0. The summed E-state index contributed by atoms with van der Waals surface area (Å²) in [6.07, 6.45) is -0.359. The summed E-state index contributed by atoms with van der Waals surface area (Å²) < 4.78 is 5.48. The van der Waals surface area contributed by atoms with Gasteiger partial charge in [-0.25, -0.2) is 4.79 Å². The van der Waals surface area contributed by atoms with Gasteiger partial charge in [-0.05, 0) is 53.6 Å². The first-order valence-electron chi connectivity index (χ1n) is 8.24. The number of hydrogen-bond acceptors (Lipinski definition) is 4. The van der Waals surface area contributed by atoms with Crippen molar-refractivity contribution in [2.24, 2.45) is 0 Å². The molecule has 0 atom stereocenters. The van der Waals surface area contributed by atoms with E-state index < -0.39 is 0 Å². The van der Waals surface area contributed by atoms with Gasteiger partial charge in [0.1, 0.15) is 5.75 Å². The van der Waals surface area contributed by atoms with Crippen LogP contribution >= 0.6 is 11.8 Å². The van der Waals surface area contributed by atoms with Gasteiger partial charge >= 0.3 is 6.09 Å². The molecule has 0 aliphatic carbocycles. The third-order valence-corrected chi connectivity index (χ3v) is 5.65. The van der Waals surface area contributed by atoms with E-state index >= 15 is 0 Å². The molecule has 0 spiro atoms. The molecule has 2 aliphatic rings. The molecule has 0 aromatic heterocycles. The SMILES string of the molecule is CN1CC2=C(C1)c1cc(OC(=O)N(C)C)ccc1Sc1ccccc12. The first-order valence-corrected chi connectivity index (χ1v) is 9.06. The van der Waals surface area contributed by atoms with Gasteiger partial charge in [-0.1, -0.05) is 30.0 Å². The third-order valence-electron chi connectivity index (χ3n) is 4.50. The molecule has 4 nitrogen and oxygen atoms in total. The predicted octanol–water partition coefficient (Wildman–Crippen LogP) is 4.07. The quantitative estimate of drug-likeness (QED) is 0.775. The Morgan fingerprint density at radius 3 is 2.48 bits per heavy atom. The lowest BCUT2D eigenvalue weighted by atomic mass is 9.97. The van der Waals surface area contributed by atoms with Gasteiger partial charge in [-0.3, -0.25) is 4.90 Å². The summed E-state index contributed by atoms with van der Waals surface area (Å²) in [5.74, 6) is 0.588. The first kappa shape index (κ1) is 16.2. The van der Waals surface area contributed by atoms with Gasteiger partial charge in [0, 0.05) is 37.0 Å². The Balaban J connectivity index is 1.82. The summed E-state index contributed by atoms with van der Waals surface area (Å²) in [4.78, 5) is 18.1. The van der Waals surface area contributed by atoms with Crippen LogP contribution in [-0.4, -0.2) is 50.1 Å². The minimum Gasteiger partial charge on any atom is -0.410 e. The lowest BCUT2D eigenvalue weighted by molar-refractivity contribution is 0.172. The molecule has 0 N–H and O–H groups in total. The summed E-state index contributed by atoms with van der Waals surface area (Å²) in [6, 6.07) is 14.5. The Morgan fingerprint density at radius 1 is 1.04 bits per heavy atom. The van der Waals surface area contributed by atoms with Crippen molar-refractivity contribution >= 4 is 29.0 Å². The van der Waals surface area contributed by atoms with Crippen molar-refractivity contribution in [1.29, 1.82) is 0 Å². The largest absolute Gasteiger partial charge is 0.414 e. The van der Waals surface area contributed by atoms with Crippen molar-refractivity contribution in [1.82, 2.24) is 9.80 Å². The third kappa shape index (κ3) is 2.94. The average molecular weight is 352 g/mol. The monoisotopic (exact) mass is 352 g/mol. The molecular formula is C20H20N2O2S. The van der Waals surface area contributed by atoms with Gasteiger partial charge in [0.05, 0.1) is 0 Å². The van der Waals surface area contributed by atoms with E-state index in [9.17, 15) is 4.79 Å². The molecule has 0 radical (unpaired) electrons. The zero-order valence-electron chi connectivity index (χ0n) is 14.6. The lowest BCUT2D eigenvalue weighted by Gasteiger charge is -2.15. The molecule has 2 aromatic carbocycles. The molecule has 1 amide bonds. The molecular weight excluding hydrogens is 332 g/mol. The van der Waals surface area contributed by atoms with E-state index in [0.717, 1.165) is 13.1 Å². The van der Waals surface area contributed by atoms with Crippen molar-refractivity contribution in [2.75, 3.05) is 34.2 Å². The van der Waals surface area contributed by atoms with E-state index in [2.05, 4.69) is 42.3 Å². The molecule has 128 valence electrons. The Kier molecular flexibility index (Phi) is 4.06. The minimum absolute atomic E-state index is 0.359. The van der Waals surface area contributed by atoms with E-state index in [1.54, 1.807) is 25.9 Å². The highest BCUT2D eigenvalue weighted by Gasteiger charge is 2.28. The number of benzene rings is 2. The predicted molar refractivity (Wildman–Crippen MR) is 101 cm³/mol. The zero-order valence-corrected chi connectivity index (χ0v) is 15.4. The Bertz CT molecular complexity index is 889. The fraction of sp³-hybridized carbons (Fsp3) is 0.250. The van der Waals surface area contributed by atoms with Gasteiger partial charge in [-0.15, -0.1) is 0 Å². The molecule has 5 heteroatoms. The first-order chi connectivity index (χ1) is 12.0. The molecule has 0 fully saturated rings. The van der Waals surface area contributed by atoms with Crippen molar-refractivity contribution in [2.45, 2.75) is 9.79 Å². The zero-order chi connectivity index (χ0) is 17.6.